The topological polar surface area (TPSA) is 47.9 Å². The summed E-state index contributed by atoms with van der Waals surface area (Å²) in [4.78, 5) is 13.0. The maximum Gasteiger partial charge on any atom is 0.411 e. The van der Waals surface area contributed by atoms with E-state index in [1.54, 1.807) is 0 Å². The van der Waals surface area contributed by atoms with Gasteiger partial charge < -0.3 is 9.47 Å². The second kappa shape index (κ2) is 7.77. The van der Waals surface area contributed by atoms with Crippen LogP contribution in [0, 0.1) is 0 Å². The summed E-state index contributed by atoms with van der Waals surface area (Å²) in [5.41, 5.74) is -1.97. The molecule has 0 aliphatic heterocycles. The van der Waals surface area contributed by atoms with Gasteiger partial charge in [0.15, 0.2) is 0 Å². The van der Waals surface area contributed by atoms with Crippen molar-refractivity contribution in [1.29, 1.82) is 0 Å². The minimum Gasteiger partial charge on any atom is -0.345 e. The van der Waals surface area contributed by atoms with E-state index in [-0.39, 0.29) is 13.0 Å². The van der Waals surface area contributed by atoms with E-state index >= 15 is 0 Å². The van der Waals surface area contributed by atoms with Gasteiger partial charge in [-0.3, -0.25) is 0 Å². The molecule has 0 atom stereocenters. The average Bonchev–Trinajstić information content (AvgIpc) is 2.30. The quantitative estimate of drug-likeness (QED) is 0.225. The Hall–Kier alpha value is -0.903. The van der Waals surface area contributed by atoms with Gasteiger partial charge in [0.1, 0.15) is 18.6 Å². The molecule has 0 aromatic carbocycles. The maximum atomic E-state index is 12.1. The molecule has 4 nitrogen and oxygen atoms in total. The summed E-state index contributed by atoms with van der Waals surface area (Å²) in [6, 6.07) is 0. The number of hydrogen-bond acceptors (Lipinski definition) is 4. The Bertz CT molecular complexity index is 322. The van der Waals surface area contributed by atoms with Crippen molar-refractivity contribution < 1.29 is 40.6 Å². The first-order valence-electron chi connectivity index (χ1n) is 5.48. The van der Waals surface area contributed by atoms with E-state index < -0.39 is 40.5 Å². The third-order valence-electron chi connectivity index (χ3n) is 2.21. The summed E-state index contributed by atoms with van der Waals surface area (Å²) in [5, 5.41) is 0. The smallest absolute Gasteiger partial charge is 0.345 e. The zero-order chi connectivity index (χ0) is 15.9. The lowest BCUT2D eigenvalue weighted by molar-refractivity contribution is -0.279. The molecule has 0 aliphatic rings. The van der Waals surface area contributed by atoms with Crippen molar-refractivity contribution in [2.45, 2.75) is 30.7 Å². The first-order valence-corrected chi connectivity index (χ1v) is 7.61. The van der Waals surface area contributed by atoms with Crippen molar-refractivity contribution in [3.63, 3.8) is 0 Å². The van der Waals surface area contributed by atoms with Crippen LogP contribution in [-0.4, -0.2) is 53.1 Å². The molecule has 0 saturated heterocycles. The van der Waals surface area contributed by atoms with Gasteiger partial charge in [-0.2, -0.15) is 26.3 Å². The molecule has 20 heavy (non-hydrogen) atoms. The van der Waals surface area contributed by atoms with Crippen LogP contribution in [0.2, 0.25) is 6.55 Å². The Labute approximate surface area is 113 Å². The molecule has 0 aromatic heterocycles. The molecule has 11 heteroatoms. The molecular formula is C9H13F6NO3Si. The molecule has 0 rings (SSSR count). The molecule has 118 valence electrons. The second-order valence-electron chi connectivity index (χ2n) is 3.79. The first kappa shape index (κ1) is 19.1. The van der Waals surface area contributed by atoms with E-state index in [4.69, 9.17) is 0 Å². The van der Waals surface area contributed by atoms with Crippen LogP contribution in [-0.2, 0) is 14.3 Å². The van der Waals surface area contributed by atoms with E-state index in [1.165, 1.54) is 6.55 Å². The Morgan fingerprint density at radius 3 is 1.80 bits per heavy atom. The third kappa shape index (κ3) is 9.07. The molecule has 0 bridgehead atoms. The lowest BCUT2D eigenvalue weighted by Crippen LogP contribution is -2.46. The normalized spacial score (nSPS) is 13.8. The van der Waals surface area contributed by atoms with Crippen molar-refractivity contribution in [2.24, 2.45) is 4.99 Å². The number of ether oxygens (including phenoxy) is 2. The van der Waals surface area contributed by atoms with Gasteiger partial charge in [0, 0.05) is 6.42 Å². The van der Waals surface area contributed by atoms with Crippen LogP contribution in [0.25, 0.3) is 0 Å². The molecule has 0 radical (unpaired) electrons. The van der Waals surface area contributed by atoms with Gasteiger partial charge in [-0.25, -0.2) is 9.79 Å². The molecule has 0 saturated carbocycles. The standard InChI is InChI=1S/C9H13F6NO3Si/c1-20-9(2-3-16-6-17,18-4-7(10,11)12)19-5-8(13,14)15/h2-5,20H2,1H3. The number of carbonyl (C=O) groups excluding carboxylic acids is 1. The number of hydrogen-bond donors (Lipinski definition) is 0. The van der Waals surface area contributed by atoms with Crippen LogP contribution in [0.1, 0.15) is 6.42 Å². The lowest BCUT2D eigenvalue weighted by atomic mass is 10.4. The van der Waals surface area contributed by atoms with E-state index in [9.17, 15) is 31.1 Å². The van der Waals surface area contributed by atoms with Crippen LogP contribution < -0.4 is 0 Å². The highest BCUT2D eigenvalue weighted by Crippen LogP contribution is 2.26. The number of alkyl halides is 6. The van der Waals surface area contributed by atoms with E-state index in [1.807, 2.05) is 0 Å². The summed E-state index contributed by atoms with van der Waals surface area (Å²) >= 11 is 0. The van der Waals surface area contributed by atoms with Crippen molar-refractivity contribution >= 4 is 15.6 Å². The SMILES string of the molecule is C[SiH2]C(CCN=C=O)(OCC(F)(F)F)OCC(F)(F)F. The summed E-state index contributed by atoms with van der Waals surface area (Å²) in [6.07, 6.45) is -8.60. The molecule has 0 N–H and O–H groups in total. The summed E-state index contributed by atoms with van der Waals surface area (Å²) in [5.74, 6) is 0. The predicted molar refractivity (Wildman–Crippen MR) is 58.8 cm³/mol. The van der Waals surface area contributed by atoms with Crippen LogP contribution in [0.5, 0.6) is 0 Å². The fraction of sp³-hybridized carbons (Fsp3) is 0.889. The van der Waals surface area contributed by atoms with Crippen molar-refractivity contribution in [2.75, 3.05) is 19.8 Å². The Morgan fingerprint density at radius 2 is 1.50 bits per heavy atom. The van der Waals surface area contributed by atoms with Crippen LogP contribution >= 0.6 is 0 Å². The summed E-state index contributed by atoms with van der Waals surface area (Å²) < 4.78 is 81.7. The highest BCUT2D eigenvalue weighted by Gasteiger charge is 2.40. The van der Waals surface area contributed by atoms with Crippen molar-refractivity contribution in [1.82, 2.24) is 0 Å². The molecule has 0 aliphatic carbocycles. The molecular weight excluding hydrogens is 312 g/mol. The fourth-order valence-corrected chi connectivity index (χ4v) is 2.39. The predicted octanol–water partition coefficient (Wildman–Crippen LogP) is 1.74. The first-order chi connectivity index (χ1) is 9.04. The molecule has 0 spiro atoms. The Balaban J connectivity index is 4.81. The van der Waals surface area contributed by atoms with Crippen molar-refractivity contribution in [3.8, 4) is 0 Å². The lowest BCUT2D eigenvalue weighted by Gasteiger charge is -2.33. The minimum absolute atomic E-state index is 0.319. The Morgan fingerprint density at radius 1 is 1.05 bits per heavy atom. The van der Waals surface area contributed by atoms with Gasteiger partial charge in [0.25, 0.3) is 0 Å². The summed E-state index contributed by atoms with van der Waals surface area (Å²) in [7, 11) is -1.58. The molecule has 0 unspecified atom stereocenters. The monoisotopic (exact) mass is 325 g/mol. The molecule has 0 aromatic rings. The number of aliphatic imine (C=N–C) groups is 1. The van der Waals surface area contributed by atoms with Gasteiger partial charge in [0.2, 0.25) is 6.08 Å². The van der Waals surface area contributed by atoms with Gasteiger partial charge in [-0.1, -0.05) is 6.55 Å². The van der Waals surface area contributed by atoms with E-state index in [2.05, 4.69) is 14.5 Å². The third-order valence-corrected chi connectivity index (χ3v) is 4.04. The number of nitrogens with zero attached hydrogens (tertiary/aromatic N) is 1. The molecule has 0 amide bonds. The minimum atomic E-state index is -4.69. The highest BCUT2D eigenvalue weighted by molar-refractivity contribution is 6.37. The zero-order valence-electron chi connectivity index (χ0n) is 10.5. The number of isocyanates is 1. The van der Waals surface area contributed by atoms with E-state index in [0.717, 1.165) is 6.08 Å². The number of halogens is 6. The highest BCUT2D eigenvalue weighted by atomic mass is 28.2. The number of rotatable bonds is 8. The van der Waals surface area contributed by atoms with Crippen LogP contribution in [0.3, 0.4) is 0 Å². The maximum absolute atomic E-state index is 12.1. The van der Waals surface area contributed by atoms with Crippen molar-refractivity contribution in [3.05, 3.63) is 0 Å². The molecule has 0 fully saturated rings. The largest absolute Gasteiger partial charge is 0.411 e. The van der Waals surface area contributed by atoms with E-state index in [0.29, 0.717) is 0 Å². The molecule has 0 heterocycles. The van der Waals surface area contributed by atoms with Gasteiger partial charge in [-0.15, -0.1) is 0 Å². The van der Waals surface area contributed by atoms with Gasteiger partial charge >= 0.3 is 12.4 Å². The zero-order valence-corrected chi connectivity index (χ0v) is 11.9. The van der Waals surface area contributed by atoms with Gasteiger partial charge in [-0.05, 0) is 0 Å². The van der Waals surface area contributed by atoms with Crippen LogP contribution in [0.15, 0.2) is 4.99 Å². The average molecular weight is 325 g/mol. The van der Waals surface area contributed by atoms with Gasteiger partial charge in [0.05, 0.1) is 16.1 Å². The fourth-order valence-electron chi connectivity index (χ4n) is 1.27. The summed E-state index contributed by atoms with van der Waals surface area (Å²) in [6.45, 7) is -2.33. The Kier molecular flexibility index (Phi) is 7.42. The van der Waals surface area contributed by atoms with Crippen LogP contribution in [0.4, 0.5) is 26.3 Å². The second-order valence-corrected chi connectivity index (χ2v) is 5.58.